The van der Waals surface area contributed by atoms with Crippen LogP contribution in [0.4, 0.5) is 0 Å². The molecule has 2 atom stereocenters. The third-order valence-corrected chi connectivity index (χ3v) is 4.58. The minimum absolute atomic E-state index is 0.0170. The second-order valence-electron chi connectivity index (χ2n) is 4.72. The molecule has 0 aliphatic rings. The molecule has 0 saturated heterocycles. The highest BCUT2D eigenvalue weighted by molar-refractivity contribution is 7.99. The fourth-order valence-corrected chi connectivity index (χ4v) is 2.66. The van der Waals surface area contributed by atoms with E-state index >= 15 is 0 Å². The number of thioether (sulfide) groups is 1. The summed E-state index contributed by atoms with van der Waals surface area (Å²) >= 11 is 1.52. The minimum Gasteiger partial charge on any atom is -0.496 e. The highest BCUT2D eigenvalue weighted by Gasteiger charge is 2.20. The first kappa shape index (κ1) is 17.7. The van der Waals surface area contributed by atoms with E-state index in [-0.39, 0.29) is 23.8 Å². The van der Waals surface area contributed by atoms with Gasteiger partial charge in [0.05, 0.1) is 20.8 Å². The first-order valence-corrected chi connectivity index (χ1v) is 7.94. The van der Waals surface area contributed by atoms with Crippen LogP contribution < -0.4 is 14.8 Å². The lowest BCUT2D eigenvalue weighted by Gasteiger charge is -2.21. The van der Waals surface area contributed by atoms with Gasteiger partial charge in [0.15, 0.2) is 0 Å². The molecule has 118 valence electrons. The average molecular weight is 313 g/mol. The van der Waals surface area contributed by atoms with Gasteiger partial charge >= 0.3 is 0 Å². The molecule has 0 bridgehead atoms. The fraction of sp³-hybridized carbons (Fsp3) is 0.533. The topological polar surface area (TPSA) is 67.8 Å². The number of hydrogen-bond acceptors (Lipinski definition) is 5. The molecule has 5 nitrogen and oxygen atoms in total. The van der Waals surface area contributed by atoms with Crippen molar-refractivity contribution in [1.29, 1.82) is 0 Å². The number of carbonyl (C=O) groups is 1. The summed E-state index contributed by atoms with van der Waals surface area (Å²) in [6.45, 7) is 3.76. The first-order valence-electron chi connectivity index (χ1n) is 6.65. The Balaban J connectivity index is 2.97. The minimum atomic E-state index is -0.216. The van der Waals surface area contributed by atoms with Gasteiger partial charge in [-0.1, -0.05) is 0 Å². The van der Waals surface area contributed by atoms with Crippen molar-refractivity contribution >= 4 is 17.7 Å². The maximum atomic E-state index is 12.3. The van der Waals surface area contributed by atoms with E-state index in [0.29, 0.717) is 17.1 Å². The number of methoxy groups -OCH3 is 2. The second-order valence-corrected chi connectivity index (χ2v) is 5.80. The number of rotatable bonds is 7. The van der Waals surface area contributed by atoms with Crippen molar-refractivity contribution in [3.05, 3.63) is 23.3 Å². The van der Waals surface area contributed by atoms with E-state index < -0.39 is 0 Å². The van der Waals surface area contributed by atoms with E-state index in [2.05, 4.69) is 5.32 Å². The van der Waals surface area contributed by atoms with Crippen molar-refractivity contribution in [1.82, 2.24) is 5.32 Å². The molecule has 0 aromatic heterocycles. The molecule has 0 unspecified atom stereocenters. The van der Waals surface area contributed by atoms with Crippen LogP contribution in [0.3, 0.4) is 0 Å². The quantitative estimate of drug-likeness (QED) is 0.804. The number of hydrogen-bond donors (Lipinski definition) is 2. The van der Waals surface area contributed by atoms with Gasteiger partial charge in [-0.05, 0) is 32.2 Å². The van der Waals surface area contributed by atoms with Crippen LogP contribution in [0.5, 0.6) is 11.5 Å². The van der Waals surface area contributed by atoms with Gasteiger partial charge in [-0.3, -0.25) is 4.79 Å². The van der Waals surface area contributed by atoms with Crippen LogP contribution in [0.15, 0.2) is 12.1 Å². The zero-order chi connectivity index (χ0) is 16.0. The van der Waals surface area contributed by atoms with E-state index in [9.17, 15) is 9.90 Å². The van der Waals surface area contributed by atoms with Gasteiger partial charge in [-0.25, -0.2) is 0 Å². The van der Waals surface area contributed by atoms with E-state index in [1.54, 1.807) is 26.4 Å². The normalized spacial score (nSPS) is 13.4. The molecule has 0 fully saturated rings. The van der Waals surface area contributed by atoms with Gasteiger partial charge in [-0.15, -0.1) is 0 Å². The van der Waals surface area contributed by atoms with Crippen LogP contribution in [-0.4, -0.2) is 49.4 Å². The molecule has 0 saturated carbocycles. The molecule has 1 aromatic carbocycles. The zero-order valence-electron chi connectivity index (χ0n) is 13.1. The Kier molecular flexibility index (Phi) is 6.84. The predicted octanol–water partition coefficient (Wildman–Crippen LogP) is 1.85. The Morgan fingerprint density at radius 1 is 1.33 bits per heavy atom. The van der Waals surface area contributed by atoms with Crippen LogP contribution in [0.25, 0.3) is 0 Å². The monoisotopic (exact) mass is 313 g/mol. The van der Waals surface area contributed by atoms with Crippen LogP contribution >= 0.6 is 11.8 Å². The molecule has 2 N–H and O–H groups in total. The molecule has 0 aliphatic carbocycles. The molecule has 21 heavy (non-hydrogen) atoms. The number of aliphatic hydroxyl groups excluding tert-OH is 1. The predicted molar refractivity (Wildman–Crippen MR) is 85.6 cm³/mol. The largest absolute Gasteiger partial charge is 0.496 e. The number of aliphatic hydroxyl groups is 1. The van der Waals surface area contributed by atoms with E-state index in [0.717, 1.165) is 5.56 Å². The molecule has 1 amide bonds. The van der Waals surface area contributed by atoms with Crippen molar-refractivity contribution in [2.45, 2.75) is 25.1 Å². The average Bonchev–Trinajstić information content (AvgIpc) is 2.48. The lowest BCUT2D eigenvalue weighted by molar-refractivity contribution is 0.0935. The molecule has 1 aromatic rings. The highest BCUT2D eigenvalue weighted by atomic mass is 32.2. The van der Waals surface area contributed by atoms with Crippen LogP contribution in [-0.2, 0) is 0 Å². The van der Waals surface area contributed by atoms with E-state index in [1.807, 2.05) is 20.1 Å². The molecule has 0 aliphatic heterocycles. The summed E-state index contributed by atoms with van der Waals surface area (Å²) in [5, 5.41) is 12.1. The van der Waals surface area contributed by atoms with Gasteiger partial charge in [0.25, 0.3) is 5.91 Å². The fourth-order valence-electron chi connectivity index (χ4n) is 2.04. The van der Waals surface area contributed by atoms with Gasteiger partial charge in [0.1, 0.15) is 11.5 Å². The molecule has 1 rings (SSSR count). The van der Waals surface area contributed by atoms with Gasteiger partial charge in [-0.2, -0.15) is 11.8 Å². The zero-order valence-corrected chi connectivity index (χ0v) is 13.9. The highest BCUT2D eigenvalue weighted by Crippen LogP contribution is 2.29. The smallest absolute Gasteiger partial charge is 0.251 e. The summed E-state index contributed by atoms with van der Waals surface area (Å²) in [7, 11) is 3.11. The first-order chi connectivity index (χ1) is 9.98. The van der Waals surface area contributed by atoms with Crippen LogP contribution in [0, 0.1) is 6.92 Å². The lowest BCUT2D eigenvalue weighted by atomic mass is 10.1. The number of nitrogens with one attached hydrogen (secondary N) is 1. The SMILES string of the molecule is COc1cc(C(=O)N[C@@H](C)[C@H](CO)SC)cc(OC)c1C. The summed E-state index contributed by atoms with van der Waals surface area (Å²) < 4.78 is 10.5. The van der Waals surface area contributed by atoms with Crippen molar-refractivity contribution < 1.29 is 19.4 Å². The van der Waals surface area contributed by atoms with Crippen molar-refractivity contribution in [2.24, 2.45) is 0 Å². The molecule has 0 heterocycles. The Morgan fingerprint density at radius 2 is 1.86 bits per heavy atom. The number of ether oxygens (including phenoxy) is 2. The summed E-state index contributed by atoms with van der Waals surface area (Å²) in [5.41, 5.74) is 1.32. The molecular weight excluding hydrogens is 290 g/mol. The summed E-state index contributed by atoms with van der Waals surface area (Å²) in [6, 6.07) is 3.23. The van der Waals surface area contributed by atoms with Crippen LogP contribution in [0.2, 0.25) is 0 Å². The Hall–Kier alpha value is -1.40. The number of amides is 1. The Bertz CT molecular complexity index is 464. The van der Waals surface area contributed by atoms with E-state index in [4.69, 9.17) is 9.47 Å². The van der Waals surface area contributed by atoms with Crippen molar-refractivity contribution in [3.63, 3.8) is 0 Å². The van der Waals surface area contributed by atoms with Crippen molar-refractivity contribution in [2.75, 3.05) is 27.1 Å². The van der Waals surface area contributed by atoms with Gasteiger partial charge in [0.2, 0.25) is 0 Å². The van der Waals surface area contributed by atoms with E-state index in [1.165, 1.54) is 11.8 Å². The summed E-state index contributed by atoms with van der Waals surface area (Å²) in [4.78, 5) is 12.3. The van der Waals surface area contributed by atoms with Gasteiger partial charge < -0.3 is 19.9 Å². The van der Waals surface area contributed by atoms with Crippen molar-refractivity contribution in [3.8, 4) is 11.5 Å². The Morgan fingerprint density at radius 3 is 2.24 bits per heavy atom. The lowest BCUT2D eigenvalue weighted by Crippen LogP contribution is -2.41. The molecule has 0 spiro atoms. The summed E-state index contributed by atoms with van der Waals surface area (Å²) in [5.74, 6) is 0.998. The third-order valence-electron chi connectivity index (χ3n) is 3.41. The number of benzene rings is 1. The molecule has 6 heteroatoms. The Labute approximate surface area is 130 Å². The van der Waals surface area contributed by atoms with Crippen LogP contribution in [0.1, 0.15) is 22.8 Å². The standard InChI is InChI=1S/C15H23NO4S/c1-9-12(19-3)6-11(7-13(9)20-4)15(18)16-10(2)14(8-17)21-5/h6-7,10,14,17H,8H2,1-5H3,(H,16,18)/t10-,14-/m0/s1. The second kappa shape index (κ2) is 8.14. The molecular formula is C15H23NO4S. The molecule has 0 radical (unpaired) electrons. The maximum absolute atomic E-state index is 12.3. The summed E-state index contributed by atoms with van der Waals surface area (Å²) in [6.07, 6.45) is 1.90. The number of carbonyl (C=O) groups excluding carboxylic acids is 1. The van der Waals surface area contributed by atoms with Gasteiger partial charge in [0, 0.05) is 22.4 Å². The third kappa shape index (κ3) is 4.28. The maximum Gasteiger partial charge on any atom is 0.251 e.